The first-order chi connectivity index (χ1) is 16.0. The zero-order chi connectivity index (χ0) is 25.5. The van der Waals surface area contributed by atoms with Crippen LogP contribution in [0.3, 0.4) is 0 Å². The van der Waals surface area contributed by atoms with Crippen LogP contribution in [0.1, 0.15) is 30.9 Å². The van der Waals surface area contributed by atoms with Crippen LogP contribution in [0.4, 0.5) is 5.69 Å². The molecule has 10 heteroatoms. The van der Waals surface area contributed by atoms with Crippen LogP contribution in [-0.4, -0.2) is 58.1 Å². The Morgan fingerprint density at radius 1 is 1.18 bits per heavy atom. The number of halogens is 1. The van der Waals surface area contributed by atoms with Crippen molar-refractivity contribution in [3.05, 3.63) is 58.6 Å². The molecule has 2 rings (SSSR count). The summed E-state index contributed by atoms with van der Waals surface area (Å²) in [4.78, 5) is 27.0. The van der Waals surface area contributed by atoms with E-state index in [0.29, 0.717) is 22.0 Å². The number of anilines is 1. The van der Waals surface area contributed by atoms with E-state index in [1.54, 1.807) is 45.2 Å². The molecule has 0 saturated heterocycles. The van der Waals surface area contributed by atoms with Gasteiger partial charge in [0.1, 0.15) is 11.8 Å². The number of rotatable bonds is 11. The zero-order valence-electron chi connectivity index (χ0n) is 20.2. The van der Waals surface area contributed by atoms with Gasteiger partial charge >= 0.3 is 0 Å². The van der Waals surface area contributed by atoms with Gasteiger partial charge in [-0.2, -0.15) is 0 Å². The second kappa shape index (κ2) is 12.1. The van der Waals surface area contributed by atoms with Gasteiger partial charge < -0.3 is 15.0 Å². The Bertz CT molecular complexity index is 1120. The van der Waals surface area contributed by atoms with Crippen LogP contribution in [-0.2, 0) is 26.2 Å². The maximum atomic E-state index is 13.2. The van der Waals surface area contributed by atoms with Gasteiger partial charge in [0.15, 0.2) is 0 Å². The molecule has 186 valence electrons. The first-order valence-electron chi connectivity index (χ1n) is 10.9. The minimum absolute atomic E-state index is 0.0664. The van der Waals surface area contributed by atoms with Crippen molar-refractivity contribution < 1.29 is 22.7 Å². The number of nitrogens with one attached hydrogen (secondary N) is 1. The summed E-state index contributed by atoms with van der Waals surface area (Å²) in [7, 11) is -0.516. The smallest absolute Gasteiger partial charge is 0.242 e. The molecule has 0 fully saturated rings. The van der Waals surface area contributed by atoms with E-state index in [2.05, 4.69) is 5.32 Å². The van der Waals surface area contributed by atoms with E-state index in [1.807, 2.05) is 18.2 Å². The quantitative estimate of drug-likeness (QED) is 0.501. The van der Waals surface area contributed by atoms with Crippen molar-refractivity contribution >= 4 is 39.1 Å². The standard InChI is InChI=1S/C24H32ClN3O5S/c1-17-21(25)11-7-12-22(17)28(34(5,31)32)14-8-13-23(29)27(18(2)24(30)26-3)16-19-9-6-10-20(15-19)33-4/h6-7,9-12,15,18H,8,13-14,16H2,1-5H3,(H,26,30). The molecule has 0 aliphatic carbocycles. The van der Waals surface area contributed by atoms with Crippen molar-refractivity contribution in [2.75, 3.05) is 31.3 Å². The van der Waals surface area contributed by atoms with E-state index in [1.165, 1.54) is 16.3 Å². The summed E-state index contributed by atoms with van der Waals surface area (Å²) < 4.78 is 31.4. The molecule has 2 aromatic carbocycles. The van der Waals surface area contributed by atoms with Gasteiger partial charge in [0.05, 0.1) is 19.1 Å². The van der Waals surface area contributed by atoms with Crippen LogP contribution < -0.4 is 14.4 Å². The molecule has 1 unspecified atom stereocenters. The Kier molecular flexibility index (Phi) is 9.76. The molecule has 1 N–H and O–H groups in total. The average Bonchev–Trinajstić information content (AvgIpc) is 2.80. The third-order valence-corrected chi connectivity index (χ3v) is 7.15. The molecule has 0 aliphatic heterocycles. The summed E-state index contributed by atoms with van der Waals surface area (Å²) in [5.41, 5.74) is 1.94. The molecule has 0 radical (unpaired) electrons. The Balaban J connectivity index is 2.19. The molecule has 0 saturated carbocycles. The van der Waals surface area contributed by atoms with Gasteiger partial charge in [0.2, 0.25) is 21.8 Å². The maximum absolute atomic E-state index is 13.2. The van der Waals surface area contributed by atoms with E-state index < -0.39 is 16.1 Å². The van der Waals surface area contributed by atoms with Crippen LogP contribution in [0, 0.1) is 6.92 Å². The number of ether oxygens (including phenoxy) is 1. The maximum Gasteiger partial charge on any atom is 0.242 e. The highest BCUT2D eigenvalue weighted by Crippen LogP contribution is 2.28. The molecular weight excluding hydrogens is 478 g/mol. The monoisotopic (exact) mass is 509 g/mol. The van der Waals surface area contributed by atoms with Crippen LogP contribution in [0.2, 0.25) is 5.02 Å². The molecular formula is C24H32ClN3O5S. The lowest BCUT2D eigenvalue weighted by Gasteiger charge is -2.29. The second-order valence-electron chi connectivity index (χ2n) is 7.99. The third kappa shape index (κ3) is 7.11. The summed E-state index contributed by atoms with van der Waals surface area (Å²) in [6, 6.07) is 11.7. The van der Waals surface area contributed by atoms with Gasteiger partial charge in [-0.1, -0.05) is 29.8 Å². The van der Waals surface area contributed by atoms with Crippen LogP contribution in [0.25, 0.3) is 0 Å². The molecule has 1 atom stereocenters. The number of carbonyl (C=O) groups is 2. The summed E-state index contributed by atoms with van der Waals surface area (Å²) in [5, 5.41) is 3.04. The zero-order valence-corrected chi connectivity index (χ0v) is 21.7. The minimum Gasteiger partial charge on any atom is -0.497 e. The molecule has 2 amide bonds. The van der Waals surface area contributed by atoms with Crippen molar-refractivity contribution in [2.24, 2.45) is 0 Å². The number of hydrogen-bond donors (Lipinski definition) is 1. The van der Waals surface area contributed by atoms with E-state index in [0.717, 1.165) is 11.8 Å². The fourth-order valence-corrected chi connectivity index (χ4v) is 4.79. The molecule has 0 heterocycles. The van der Waals surface area contributed by atoms with E-state index in [4.69, 9.17) is 16.3 Å². The molecule has 0 aliphatic rings. The van der Waals surface area contributed by atoms with Gasteiger partial charge in [-0.05, 0) is 55.7 Å². The highest BCUT2D eigenvalue weighted by molar-refractivity contribution is 7.92. The number of benzene rings is 2. The first-order valence-corrected chi connectivity index (χ1v) is 13.1. The minimum atomic E-state index is -3.59. The Labute approximate surface area is 206 Å². The third-order valence-electron chi connectivity index (χ3n) is 5.56. The second-order valence-corrected chi connectivity index (χ2v) is 10.3. The summed E-state index contributed by atoms with van der Waals surface area (Å²) >= 11 is 6.18. The van der Waals surface area contributed by atoms with Gasteiger partial charge in [-0.25, -0.2) is 8.42 Å². The predicted molar refractivity (Wildman–Crippen MR) is 135 cm³/mol. The molecule has 2 aromatic rings. The van der Waals surface area contributed by atoms with E-state index in [-0.39, 0.29) is 37.7 Å². The molecule has 34 heavy (non-hydrogen) atoms. The number of nitrogens with zero attached hydrogens (tertiary/aromatic N) is 2. The van der Waals surface area contributed by atoms with Crippen molar-refractivity contribution in [3.63, 3.8) is 0 Å². The molecule has 0 spiro atoms. The Morgan fingerprint density at radius 3 is 2.47 bits per heavy atom. The Hall–Kier alpha value is -2.78. The summed E-state index contributed by atoms with van der Waals surface area (Å²) in [5.74, 6) is 0.108. The van der Waals surface area contributed by atoms with Crippen molar-refractivity contribution in [1.29, 1.82) is 0 Å². The molecule has 0 aromatic heterocycles. The lowest BCUT2D eigenvalue weighted by atomic mass is 10.1. The van der Waals surface area contributed by atoms with Crippen LogP contribution in [0.15, 0.2) is 42.5 Å². The largest absolute Gasteiger partial charge is 0.497 e. The molecule has 0 bridgehead atoms. The number of hydrogen-bond acceptors (Lipinski definition) is 5. The SMILES string of the molecule is CNC(=O)C(C)N(Cc1cccc(OC)c1)C(=O)CCCN(c1cccc(Cl)c1C)S(C)(=O)=O. The lowest BCUT2D eigenvalue weighted by molar-refractivity contribution is -0.140. The fraction of sp³-hybridized carbons (Fsp3) is 0.417. The fourth-order valence-electron chi connectivity index (χ4n) is 3.61. The highest BCUT2D eigenvalue weighted by Gasteiger charge is 2.26. The van der Waals surface area contributed by atoms with Gasteiger partial charge in [0, 0.05) is 31.6 Å². The first kappa shape index (κ1) is 27.5. The number of carbonyl (C=O) groups excluding carboxylic acids is 2. The lowest BCUT2D eigenvalue weighted by Crippen LogP contribution is -2.46. The normalized spacial score (nSPS) is 12.1. The highest BCUT2D eigenvalue weighted by atomic mass is 35.5. The predicted octanol–water partition coefficient (Wildman–Crippen LogP) is 3.37. The Morgan fingerprint density at radius 2 is 1.85 bits per heavy atom. The van der Waals surface area contributed by atoms with Gasteiger partial charge in [-0.15, -0.1) is 0 Å². The summed E-state index contributed by atoms with van der Waals surface area (Å²) in [6.45, 7) is 3.73. The number of sulfonamides is 1. The van der Waals surface area contributed by atoms with E-state index >= 15 is 0 Å². The molecule has 8 nitrogen and oxygen atoms in total. The van der Waals surface area contributed by atoms with Crippen molar-refractivity contribution in [2.45, 2.75) is 39.3 Å². The average molecular weight is 510 g/mol. The number of likely N-dealkylation sites (N-methyl/N-ethyl adjacent to an activating group) is 1. The summed E-state index contributed by atoms with van der Waals surface area (Å²) in [6.07, 6.45) is 1.46. The number of methoxy groups -OCH3 is 1. The van der Waals surface area contributed by atoms with Crippen LogP contribution >= 0.6 is 11.6 Å². The van der Waals surface area contributed by atoms with Gasteiger partial charge in [0.25, 0.3) is 0 Å². The van der Waals surface area contributed by atoms with Gasteiger partial charge in [-0.3, -0.25) is 13.9 Å². The topological polar surface area (TPSA) is 96.0 Å². The van der Waals surface area contributed by atoms with E-state index in [9.17, 15) is 18.0 Å². The van der Waals surface area contributed by atoms with Crippen molar-refractivity contribution in [1.82, 2.24) is 10.2 Å². The number of amides is 2. The van der Waals surface area contributed by atoms with Crippen molar-refractivity contribution in [3.8, 4) is 5.75 Å². The van der Waals surface area contributed by atoms with Crippen LogP contribution in [0.5, 0.6) is 5.75 Å².